The number of benzene rings is 8. The highest BCUT2D eigenvalue weighted by molar-refractivity contribution is 6.19. The second kappa shape index (κ2) is 11.0. The second-order valence-electron chi connectivity index (χ2n) is 12.5. The van der Waals surface area contributed by atoms with Crippen molar-refractivity contribution in [3.8, 4) is 45.3 Å². The van der Waals surface area contributed by atoms with Crippen molar-refractivity contribution in [3.63, 3.8) is 0 Å². The Bertz CT molecular complexity index is 2890. The minimum absolute atomic E-state index is 0.625. The molecule has 0 amide bonds. The summed E-state index contributed by atoms with van der Waals surface area (Å²) in [4.78, 5) is 15.4. The lowest BCUT2D eigenvalue weighted by Gasteiger charge is -2.14. The van der Waals surface area contributed by atoms with Gasteiger partial charge in [0.25, 0.3) is 0 Å². The van der Waals surface area contributed by atoms with Crippen LogP contribution in [0, 0.1) is 0 Å². The monoisotopic (exact) mass is 625 g/mol. The van der Waals surface area contributed by atoms with Gasteiger partial charge in [-0.2, -0.15) is 0 Å². The number of fused-ring (bicyclic) bond motifs is 7. The van der Waals surface area contributed by atoms with Gasteiger partial charge in [0.1, 0.15) is 11.2 Å². The number of para-hydroxylation sites is 1. The van der Waals surface area contributed by atoms with Gasteiger partial charge in [0.2, 0.25) is 0 Å². The normalized spacial score (nSPS) is 11.7. The lowest BCUT2D eigenvalue weighted by Crippen LogP contribution is -2.01. The number of furan rings is 1. The Hall–Kier alpha value is -6.65. The predicted octanol–water partition coefficient (Wildman–Crippen LogP) is 11.9. The zero-order valence-corrected chi connectivity index (χ0v) is 26.3. The fourth-order valence-corrected chi connectivity index (χ4v) is 7.06. The minimum Gasteiger partial charge on any atom is -0.456 e. The molecule has 2 heterocycles. The van der Waals surface area contributed by atoms with E-state index in [0.717, 1.165) is 65.9 Å². The van der Waals surface area contributed by atoms with E-state index in [0.29, 0.717) is 17.5 Å². The molecule has 0 spiro atoms. The number of nitrogens with zero attached hydrogens (tertiary/aromatic N) is 3. The molecule has 10 aromatic rings. The highest BCUT2D eigenvalue weighted by Crippen LogP contribution is 2.39. The largest absolute Gasteiger partial charge is 0.456 e. The molecule has 0 fully saturated rings. The van der Waals surface area contributed by atoms with Crippen LogP contribution in [-0.2, 0) is 0 Å². The van der Waals surface area contributed by atoms with E-state index in [4.69, 9.17) is 19.4 Å². The van der Waals surface area contributed by atoms with Gasteiger partial charge in [-0.15, -0.1) is 0 Å². The molecule has 0 bridgehead atoms. The van der Waals surface area contributed by atoms with Crippen LogP contribution in [0.5, 0.6) is 0 Å². The molecule has 0 aliphatic carbocycles. The molecule has 0 atom stereocenters. The fourth-order valence-electron chi connectivity index (χ4n) is 7.06. The first kappa shape index (κ1) is 27.5. The summed E-state index contributed by atoms with van der Waals surface area (Å²) in [6.07, 6.45) is 0. The van der Waals surface area contributed by atoms with Crippen LogP contribution >= 0.6 is 0 Å². The van der Waals surface area contributed by atoms with Crippen LogP contribution in [-0.4, -0.2) is 15.0 Å². The van der Waals surface area contributed by atoms with Crippen molar-refractivity contribution in [2.45, 2.75) is 0 Å². The van der Waals surface area contributed by atoms with Crippen LogP contribution in [0.4, 0.5) is 0 Å². The number of hydrogen-bond acceptors (Lipinski definition) is 4. The fraction of sp³-hybridized carbons (Fsp3) is 0. The summed E-state index contributed by atoms with van der Waals surface area (Å²) in [5, 5.41) is 9.17. The van der Waals surface area contributed by atoms with Crippen LogP contribution in [0.1, 0.15) is 0 Å². The molecule has 0 aliphatic heterocycles. The van der Waals surface area contributed by atoms with Crippen molar-refractivity contribution in [1.82, 2.24) is 15.0 Å². The third-order valence-corrected chi connectivity index (χ3v) is 9.47. The van der Waals surface area contributed by atoms with Crippen molar-refractivity contribution in [2.24, 2.45) is 0 Å². The molecule has 4 nitrogen and oxygen atoms in total. The van der Waals surface area contributed by atoms with Gasteiger partial charge >= 0.3 is 0 Å². The number of aromatic nitrogens is 3. The summed E-state index contributed by atoms with van der Waals surface area (Å²) < 4.78 is 6.17. The van der Waals surface area contributed by atoms with Crippen molar-refractivity contribution in [2.75, 3.05) is 0 Å². The van der Waals surface area contributed by atoms with E-state index in [1.165, 1.54) is 16.2 Å². The van der Waals surface area contributed by atoms with Crippen LogP contribution in [0.3, 0.4) is 0 Å². The Balaban J connectivity index is 1.21. The van der Waals surface area contributed by atoms with E-state index in [9.17, 15) is 0 Å². The zero-order valence-electron chi connectivity index (χ0n) is 26.3. The van der Waals surface area contributed by atoms with Gasteiger partial charge in [0, 0.05) is 27.5 Å². The molecule has 49 heavy (non-hydrogen) atoms. The van der Waals surface area contributed by atoms with Crippen molar-refractivity contribution < 1.29 is 4.42 Å². The van der Waals surface area contributed by atoms with E-state index >= 15 is 0 Å². The molecule has 0 radical (unpaired) electrons. The van der Waals surface area contributed by atoms with Gasteiger partial charge in [-0.05, 0) is 79.8 Å². The Labute approximate surface area is 282 Å². The van der Waals surface area contributed by atoms with Gasteiger partial charge in [-0.25, -0.2) is 15.0 Å². The highest BCUT2D eigenvalue weighted by Gasteiger charge is 2.18. The first-order valence-corrected chi connectivity index (χ1v) is 16.4. The van der Waals surface area contributed by atoms with Crippen LogP contribution in [0.15, 0.2) is 168 Å². The Morgan fingerprint density at radius 1 is 0.327 bits per heavy atom. The number of hydrogen-bond donors (Lipinski definition) is 0. The highest BCUT2D eigenvalue weighted by atomic mass is 16.3. The molecule has 2 aromatic heterocycles. The van der Waals surface area contributed by atoms with Crippen molar-refractivity contribution >= 4 is 54.3 Å². The molecular formula is C45H27N3O. The maximum Gasteiger partial charge on any atom is 0.164 e. The quantitative estimate of drug-likeness (QED) is 0.195. The average Bonchev–Trinajstić information content (AvgIpc) is 3.56. The average molecular weight is 626 g/mol. The maximum absolute atomic E-state index is 6.17. The topological polar surface area (TPSA) is 51.8 Å². The SMILES string of the molecule is c1ccc(-c2nc(-c3ccc4c(ccc5oc6ccccc6c54)c3)nc(-c3cc4ccccc4cc3-c3ccc4ccccc4c3)n2)cc1. The molecule has 8 aromatic carbocycles. The van der Waals surface area contributed by atoms with Gasteiger partial charge < -0.3 is 4.42 Å². The second-order valence-corrected chi connectivity index (χ2v) is 12.5. The standard InChI is InChI=1S/C45H27N3O/c1-2-11-29(12-3-1)43-46-44(35-20-22-36-33(25-35)21-23-41-42(36)37-16-8-9-17-40(37)49-41)48-45(47-43)39-27-32-15-7-6-14-31(32)26-38(39)34-19-18-28-10-4-5-13-30(28)24-34/h1-27H. The molecule has 0 N–H and O–H groups in total. The molecule has 4 heteroatoms. The molecule has 0 saturated carbocycles. The zero-order chi connectivity index (χ0) is 32.3. The Morgan fingerprint density at radius 2 is 0.918 bits per heavy atom. The molecule has 0 saturated heterocycles. The van der Waals surface area contributed by atoms with Crippen molar-refractivity contribution in [3.05, 3.63) is 164 Å². The van der Waals surface area contributed by atoms with E-state index in [-0.39, 0.29) is 0 Å². The predicted molar refractivity (Wildman–Crippen MR) is 201 cm³/mol. The van der Waals surface area contributed by atoms with E-state index < -0.39 is 0 Å². The van der Waals surface area contributed by atoms with Gasteiger partial charge in [0.05, 0.1) is 0 Å². The van der Waals surface area contributed by atoms with Crippen LogP contribution in [0.2, 0.25) is 0 Å². The Morgan fingerprint density at radius 3 is 1.73 bits per heavy atom. The Kier molecular flexibility index (Phi) is 6.15. The van der Waals surface area contributed by atoms with E-state index in [1.807, 2.05) is 30.3 Å². The third-order valence-electron chi connectivity index (χ3n) is 9.47. The summed E-state index contributed by atoms with van der Waals surface area (Å²) in [7, 11) is 0. The molecule has 0 unspecified atom stereocenters. The van der Waals surface area contributed by atoms with Crippen LogP contribution < -0.4 is 0 Å². The summed E-state index contributed by atoms with van der Waals surface area (Å²) in [5.41, 5.74) is 6.79. The lowest BCUT2D eigenvalue weighted by molar-refractivity contribution is 0.669. The molecular weight excluding hydrogens is 599 g/mol. The molecule has 10 rings (SSSR count). The third kappa shape index (κ3) is 4.65. The summed E-state index contributed by atoms with van der Waals surface area (Å²) in [5.74, 6) is 1.89. The minimum atomic E-state index is 0.625. The van der Waals surface area contributed by atoms with E-state index in [1.54, 1.807) is 0 Å². The maximum atomic E-state index is 6.17. The van der Waals surface area contributed by atoms with Gasteiger partial charge in [-0.3, -0.25) is 0 Å². The molecule has 0 aliphatic rings. The number of rotatable bonds is 4. The lowest BCUT2D eigenvalue weighted by atomic mass is 9.93. The van der Waals surface area contributed by atoms with E-state index in [2.05, 4.69) is 133 Å². The van der Waals surface area contributed by atoms with Gasteiger partial charge in [-0.1, -0.05) is 127 Å². The van der Waals surface area contributed by atoms with Crippen molar-refractivity contribution in [1.29, 1.82) is 0 Å². The molecule has 228 valence electrons. The first-order valence-electron chi connectivity index (χ1n) is 16.4. The van der Waals surface area contributed by atoms with Crippen LogP contribution in [0.25, 0.3) is 99.5 Å². The summed E-state index contributed by atoms with van der Waals surface area (Å²) in [6.45, 7) is 0. The summed E-state index contributed by atoms with van der Waals surface area (Å²) in [6, 6.07) is 57.0. The first-order chi connectivity index (χ1) is 24.2. The summed E-state index contributed by atoms with van der Waals surface area (Å²) >= 11 is 0. The van der Waals surface area contributed by atoms with Gasteiger partial charge in [0.15, 0.2) is 17.5 Å². The smallest absolute Gasteiger partial charge is 0.164 e.